The molecule has 6 nitrogen and oxygen atoms in total. The smallest absolute Gasteiger partial charge is 0.265 e. The molecule has 0 saturated heterocycles. The lowest BCUT2D eigenvalue weighted by Crippen LogP contribution is -2.15. The predicted molar refractivity (Wildman–Crippen MR) is 68.7 cm³/mol. The first-order valence-corrected chi connectivity index (χ1v) is 6.70. The van der Waals surface area contributed by atoms with Gasteiger partial charge in [0.15, 0.2) is 0 Å². The van der Waals surface area contributed by atoms with E-state index in [9.17, 15) is 8.42 Å². The van der Waals surface area contributed by atoms with Crippen LogP contribution in [-0.4, -0.2) is 18.4 Å². The quantitative estimate of drug-likeness (QED) is 0.658. The molecule has 0 saturated carbocycles. The van der Waals surface area contributed by atoms with Crippen molar-refractivity contribution in [2.75, 3.05) is 10.5 Å². The van der Waals surface area contributed by atoms with Crippen LogP contribution in [0.4, 0.5) is 11.5 Å². The lowest BCUT2D eigenvalue weighted by molar-refractivity contribution is 0.601. The third-order valence-electron chi connectivity index (χ3n) is 2.08. The van der Waals surface area contributed by atoms with Gasteiger partial charge < -0.3 is 5.73 Å². The normalized spacial score (nSPS) is 11.2. The van der Waals surface area contributed by atoms with Crippen LogP contribution in [0.5, 0.6) is 0 Å². The minimum Gasteiger partial charge on any atom is -0.398 e. The standard InChI is InChI=1S/C10H9ClN4O2S/c11-9-5-10(14-6-13-9)15-18(16,17)8-4-2-1-3-7(8)12/h1-6H,12H2,(H,13,14,15). The number of nitrogen functional groups attached to an aromatic ring is 1. The van der Waals surface area contributed by atoms with Gasteiger partial charge in [-0.05, 0) is 12.1 Å². The molecule has 0 spiro atoms. The zero-order chi connectivity index (χ0) is 13.2. The van der Waals surface area contributed by atoms with Crippen LogP contribution in [-0.2, 0) is 10.0 Å². The van der Waals surface area contributed by atoms with Crippen molar-refractivity contribution in [1.82, 2.24) is 9.97 Å². The van der Waals surface area contributed by atoms with Gasteiger partial charge in [-0.25, -0.2) is 18.4 Å². The Morgan fingerprint density at radius 3 is 2.61 bits per heavy atom. The van der Waals surface area contributed by atoms with Gasteiger partial charge in [0.25, 0.3) is 10.0 Å². The summed E-state index contributed by atoms with van der Waals surface area (Å²) in [4.78, 5) is 7.39. The van der Waals surface area contributed by atoms with E-state index in [2.05, 4.69) is 14.7 Å². The number of sulfonamides is 1. The Hall–Kier alpha value is -1.86. The fourth-order valence-electron chi connectivity index (χ4n) is 1.31. The Kier molecular flexibility index (Phi) is 3.35. The summed E-state index contributed by atoms with van der Waals surface area (Å²) in [6.07, 6.45) is 1.16. The van der Waals surface area contributed by atoms with Crippen molar-refractivity contribution >= 4 is 33.1 Å². The van der Waals surface area contributed by atoms with Crippen molar-refractivity contribution in [2.24, 2.45) is 0 Å². The Bertz CT molecular complexity index is 675. The molecular weight excluding hydrogens is 276 g/mol. The van der Waals surface area contributed by atoms with Crippen LogP contribution in [0.15, 0.2) is 41.6 Å². The van der Waals surface area contributed by atoms with Crippen molar-refractivity contribution in [1.29, 1.82) is 0 Å². The molecule has 0 amide bonds. The highest BCUT2D eigenvalue weighted by Gasteiger charge is 2.17. The van der Waals surface area contributed by atoms with Gasteiger partial charge in [0.05, 0.1) is 5.69 Å². The number of para-hydroxylation sites is 1. The van der Waals surface area contributed by atoms with E-state index in [1.807, 2.05) is 0 Å². The molecule has 18 heavy (non-hydrogen) atoms. The maximum atomic E-state index is 12.0. The van der Waals surface area contributed by atoms with Gasteiger partial charge in [0.1, 0.15) is 22.2 Å². The minimum absolute atomic E-state index is 0.0141. The Labute approximate surface area is 109 Å². The van der Waals surface area contributed by atoms with Gasteiger partial charge in [0.2, 0.25) is 0 Å². The van der Waals surface area contributed by atoms with Gasteiger partial charge in [-0.1, -0.05) is 23.7 Å². The molecule has 0 fully saturated rings. The van der Waals surface area contributed by atoms with E-state index in [1.54, 1.807) is 12.1 Å². The first-order chi connectivity index (χ1) is 8.49. The van der Waals surface area contributed by atoms with E-state index in [4.69, 9.17) is 17.3 Å². The predicted octanol–water partition coefficient (Wildman–Crippen LogP) is 1.51. The molecule has 2 rings (SSSR count). The maximum Gasteiger partial charge on any atom is 0.265 e. The summed E-state index contributed by atoms with van der Waals surface area (Å²) in [7, 11) is -3.78. The van der Waals surface area contributed by atoms with Crippen LogP contribution in [0.2, 0.25) is 5.15 Å². The fraction of sp³-hybridized carbons (Fsp3) is 0. The van der Waals surface area contributed by atoms with E-state index in [-0.39, 0.29) is 21.6 Å². The molecule has 0 bridgehead atoms. The minimum atomic E-state index is -3.78. The van der Waals surface area contributed by atoms with Gasteiger partial charge >= 0.3 is 0 Å². The molecule has 2 aromatic rings. The summed E-state index contributed by atoms with van der Waals surface area (Å²) in [6.45, 7) is 0. The summed E-state index contributed by atoms with van der Waals surface area (Å²) < 4.78 is 26.4. The number of rotatable bonds is 3. The van der Waals surface area contributed by atoms with Crippen LogP contribution in [0.3, 0.4) is 0 Å². The first-order valence-electron chi connectivity index (χ1n) is 4.84. The number of halogens is 1. The highest BCUT2D eigenvalue weighted by atomic mass is 35.5. The zero-order valence-corrected chi connectivity index (χ0v) is 10.6. The second-order valence-electron chi connectivity index (χ2n) is 3.37. The zero-order valence-electron chi connectivity index (χ0n) is 9.04. The van der Waals surface area contributed by atoms with Crippen molar-refractivity contribution in [3.8, 4) is 0 Å². The molecule has 0 aliphatic carbocycles. The highest BCUT2D eigenvalue weighted by molar-refractivity contribution is 7.92. The molecule has 1 heterocycles. The number of hydrogen-bond acceptors (Lipinski definition) is 5. The largest absolute Gasteiger partial charge is 0.398 e. The second kappa shape index (κ2) is 4.79. The second-order valence-corrected chi connectivity index (χ2v) is 5.41. The van der Waals surface area contributed by atoms with Crippen molar-refractivity contribution in [2.45, 2.75) is 4.90 Å². The Morgan fingerprint density at radius 2 is 1.94 bits per heavy atom. The molecule has 0 aliphatic heterocycles. The lowest BCUT2D eigenvalue weighted by Gasteiger charge is -2.08. The monoisotopic (exact) mass is 284 g/mol. The van der Waals surface area contributed by atoms with E-state index in [1.165, 1.54) is 18.2 Å². The van der Waals surface area contributed by atoms with E-state index in [0.717, 1.165) is 6.33 Å². The number of nitrogens with zero attached hydrogens (tertiary/aromatic N) is 2. The van der Waals surface area contributed by atoms with E-state index < -0.39 is 10.0 Å². The molecule has 0 aliphatic rings. The fourth-order valence-corrected chi connectivity index (χ4v) is 2.59. The van der Waals surface area contributed by atoms with Crippen LogP contribution < -0.4 is 10.5 Å². The van der Waals surface area contributed by atoms with E-state index >= 15 is 0 Å². The van der Waals surface area contributed by atoms with Crippen molar-refractivity contribution in [3.05, 3.63) is 41.8 Å². The first kappa shape index (κ1) is 12.6. The third-order valence-corrected chi connectivity index (χ3v) is 3.72. The number of hydrogen-bond donors (Lipinski definition) is 2. The van der Waals surface area contributed by atoms with Crippen molar-refractivity contribution < 1.29 is 8.42 Å². The average molecular weight is 285 g/mol. The Balaban J connectivity index is 2.37. The van der Waals surface area contributed by atoms with Crippen LogP contribution in [0, 0.1) is 0 Å². The lowest BCUT2D eigenvalue weighted by atomic mass is 10.3. The molecule has 0 unspecified atom stereocenters. The van der Waals surface area contributed by atoms with Crippen LogP contribution in [0.1, 0.15) is 0 Å². The molecule has 1 aromatic carbocycles. The summed E-state index contributed by atoms with van der Waals surface area (Å²) in [5, 5.41) is 0.142. The molecule has 0 radical (unpaired) electrons. The molecule has 1 aromatic heterocycles. The summed E-state index contributed by atoms with van der Waals surface area (Å²) in [6, 6.07) is 7.44. The number of anilines is 2. The number of benzene rings is 1. The van der Waals surface area contributed by atoms with Gasteiger partial charge in [0, 0.05) is 6.07 Å². The van der Waals surface area contributed by atoms with Crippen LogP contribution >= 0.6 is 11.6 Å². The molecule has 8 heteroatoms. The average Bonchev–Trinajstić information content (AvgIpc) is 2.28. The molecule has 94 valence electrons. The maximum absolute atomic E-state index is 12.0. The van der Waals surface area contributed by atoms with Crippen molar-refractivity contribution in [3.63, 3.8) is 0 Å². The summed E-state index contributed by atoms with van der Waals surface area (Å²) in [5.41, 5.74) is 5.77. The molecule has 0 atom stereocenters. The Morgan fingerprint density at radius 1 is 1.22 bits per heavy atom. The highest BCUT2D eigenvalue weighted by Crippen LogP contribution is 2.20. The third kappa shape index (κ3) is 2.69. The molecule has 3 N–H and O–H groups in total. The van der Waals surface area contributed by atoms with Gasteiger partial charge in [-0.3, -0.25) is 4.72 Å². The summed E-state index contributed by atoms with van der Waals surface area (Å²) >= 11 is 5.64. The van der Waals surface area contributed by atoms with Gasteiger partial charge in [-0.2, -0.15) is 0 Å². The number of nitrogens with one attached hydrogen (secondary N) is 1. The van der Waals surface area contributed by atoms with Gasteiger partial charge in [-0.15, -0.1) is 0 Å². The SMILES string of the molecule is Nc1ccccc1S(=O)(=O)Nc1cc(Cl)ncn1. The number of aromatic nitrogens is 2. The molecular formula is C10H9ClN4O2S. The topological polar surface area (TPSA) is 98.0 Å². The number of nitrogens with two attached hydrogens (primary N) is 1. The van der Waals surface area contributed by atoms with E-state index in [0.29, 0.717) is 0 Å². The summed E-state index contributed by atoms with van der Waals surface area (Å²) in [5.74, 6) is 0.0817. The van der Waals surface area contributed by atoms with Crippen LogP contribution in [0.25, 0.3) is 0 Å².